The van der Waals surface area contributed by atoms with Crippen molar-refractivity contribution in [3.8, 4) is 0 Å². The van der Waals surface area contributed by atoms with Crippen molar-refractivity contribution in [3.63, 3.8) is 0 Å². The number of thiazole rings is 1. The molecule has 1 aliphatic carbocycles. The van der Waals surface area contributed by atoms with Gasteiger partial charge in [-0.25, -0.2) is 4.98 Å². The molecule has 1 saturated carbocycles. The van der Waals surface area contributed by atoms with E-state index >= 15 is 0 Å². The molecule has 132 valence electrons. The SMILES string of the molecule is CN=C(NCc1nc(C(F)(F)F)cs1)NCC1(C)CCCC1.I. The highest BCUT2D eigenvalue weighted by atomic mass is 127. The third-order valence-corrected chi connectivity index (χ3v) is 4.81. The molecule has 0 spiro atoms. The van der Waals surface area contributed by atoms with E-state index in [0.29, 0.717) is 11.0 Å². The Labute approximate surface area is 155 Å². The molecule has 0 aliphatic heterocycles. The molecule has 0 amide bonds. The van der Waals surface area contributed by atoms with Gasteiger partial charge in [0.05, 0.1) is 6.54 Å². The second-order valence-corrected chi connectivity index (χ2v) is 6.86. The zero-order valence-electron chi connectivity index (χ0n) is 13.2. The van der Waals surface area contributed by atoms with E-state index in [1.54, 1.807) is 7.05 Å². The van der Waals surface area contributed by atoms with E-state index in [-0.39, 0.29) is 35.9 Å². The molecular formula is C14H22F3IN4S. The van der Waals surface area contributed by atoms with Crippen molar-refractivity contribution in [1.29, 1.82) is 0 Å². The number of aliphatic imine (C=N–C) groups is 1. The smallest absolute Gasteiger partial charge is 0.356 e. The zero-order valence-corrected chi connectivity index (χ0v) is 16.3. The third-order valence-electron chi connectivity index (χ3n) is 3.97. The summed E-state index contributed by atoms with van der Waals surface area (Å²) in [6.45, 7) is 3.30. The number of nitrogens with one attached hydrogen (secondary N) is 2. The van der Waals surface area contributed by atoms with E-state index in [1.807, 2.05) is 0 Å². The molecule has 4 nitrogen and oxygen atoms in total. The van der Waals surface area contributed by atoms with Crippen molar-refractivity contribution < 1.29 is 13.2 Å². The largest absolute Gasteiger partial charge is 0.434 e. The number of nitrogens with zero attached hydrogens (tertiary/aromatic N) is 2. The quantitative estimate of drug-likeness (QED) is 0.404. The standard InChI is InChI=1S/C14H21F3N4S.HI/c1-13(5-3-4-6-13)9-20-12(18-2)19-7-11-21-10(8-22-11)14(15,16)17;/h8H,3-7,9H2,1-2H3,(H2,18,19,20);1H. The summed E-state index contributed by atoms with van der Waals surface area (Å²) in [6, 6.07) is 0. The van der Waals surface area contributed by atoms with Crippen molar-refractivity contribution in [1.82, 2.24) is 15.6 Å². The Bertz CT molecular complexity index is 524. The lowest BCUT2D eigenvalue weighted by Crippen LogP contribution is -2.41. The molecular weight excluding hydrogens is 440 g/mol. The molecule has 0 radical (unpaired) electrons. The van der Waals surface area contributed by atoms with E-state index in [2.05, 4.69) is 27.5 Å². The minimum atomic E-state index is -4.38. The molecule has 0 unspecified atom stereocenters. The van der Waals surface area contributed by atoms with E-state index in [1.165, 1.54) is 25.7 Å². The first-order valence-corrected chi connectivity index (χ1v) is 8.16. The molecule has 0 atom stereocenters. The fourth-order valence-electron chi connectivity index (χ4n) is 2.60. The molecule has 1 aliphatic rings. The maximum Gasteiger partial charge on any atom is 0.434 e. The van der Waals surface area contributed by atoms with Gasteiger partial charge in [0.2, 0.25) is 0 Å². The van der Waals surface area contributed by atoms with Gasteiger partial charge >= 0.3 is 6.18 Å². The molecule has 1 fully saturated rings. The Hall–Kier alpha value is -0.580. The van der Waals surface area contributed by atoms with Crippen LogP contribution in [0, 0.1) is 5.41 Å². The predicted octanol–water partition coefficient (Wildman–Crippen LogP) is 4.03. The van der Waals surface area contributed by atoms with Gasteiger partial charge in [0, 0.05) is 19.0 Å². The maximum absolute atomic E-state index is 12.5. The summed E-state index contributed by atoms with van der Waals surface area (Å²) >= 11 is 0.995. The topological polar surface area (TPSA) is 49.3 Å². The molecule has 0 saturated heterocycles. The van der Waals surface area contributed by atoms with Crippen LogP contribution in [0.1, 0.15) is 43.3 Å². The number of hydrogen-bond acceptors (Lipinski definition) is 3. The van der Waals surface area contributed by atoms with Crippen molar-refractivity contribution in [2.75, 3.05) is 13.6 Å². The van der Waals surface area contributed by atoms with E-state index in [0.717, 1.165) is 23.3 Å². The Morgan fingerprint density at radius 3 is 2.52 bits per heavy atom. The van der Waals surface area contributed by atoms with Crippen LogP contribution in [0.4, 0.5) is 13.2 Å². The zero-order chi connectivity index (χ0) is 16.2. The van der Waals surface area contributed by atoms with E-state index in [4.69, 9.17) is 0 Å². The minimum Gasteiger partial charge on any atom is -0.356 e. The van der Waals surface area contributed by atoms with Gasteiger partial charge in [-0.2, -0.15) is 13.2 Å². The number of hydrogen-bond donors (Lipinski definition) is 2. The molecule has 1 heterocycles. The fraction of sp³-hybridized carbons (Fsp3) is 0.714. The first kappa shape index (κ1) is 20.5. The van der Waals surface area contributed by atoms with E-state index in [9.17, 15) is 13.2 Å². The minimum absolute atomic E-state index is 0. The molecule has 23 heavy (non-hydrogen) atoms. The summed E-state index contributed by atoms with van der Waals surface area (Å²) in [5.41, 5.74) is -0.557. The summed E-state index contributed by atoms with van der Waals surface area (Å²) in [7, 11) is 1.65. The highest BCUT2D eigenvalue weighted by molar-refractivity contribution is 14.0. The summed E-state index contributed by atoms with van der Waals surface area (Å²) in [6.07, 6.45) is 0.510. The fourth-order valence-corrected chi connectivity index (χ4v) is 3.35. The second kappa shape index (κ2) is 8.50. The molecule has 2 N–H and O–H groups in total. The van der Waals surface area contributed by atoms with Crippen molar-refractivity contribution >= 4 is 41.3 Å². The summed E-state index contributed by atoms with van der Waals surface area (Å²) < 4.78 is 37.5. The lowest BCUT2D eigenvalue weighted by Gasteiger charge is -2.25. The Morgan fingerprint density at radius 2 is 2.00 bits per heavy atom. The number of aromatic nitrogens is 1. The molecule has 9 heteroatoms. The van der Waals surface area contributed by atoms with Crippen LogP contribution in [0.5, 0.6) is 0 Å². The highest BCUT2D eigenvalue weighted by Crippen LogP contribution is 2.36. The lowest BCUT2D eigenvalue weighted by atomic mass is 9.89. The van der Waals surface area contributed by atoms with Crippen LogP contribution in [0.2, 0.25) is 0 Å². The summed E-state index contributed by atoms with van der Waals surface area (Å²) in [5, 5.41) is 7.69. The first-order valence-electron chi connectivity index (χ1n) is 7.28. The van der Waals surface area contributed by atoms with Gasteiger partial charge in [-0.1, -0.05) is 19.8 Å². The molecule has 0 bridgehead atoms. The number of rotatable bonds is 4. The molecule has 1 aromatic rings. The summed E-state index contributed by atoms with van der Waals surface area (Å²) in [4.78, 5) is 7.69. The van der Waals surface area contributed by atoms with Crippen LogP contribution < -0.4 is 10.6 Å². The van der Waals surface area contributed by atoms with E-state index < -0.39 is 11.9 Å². The Balaban J connectivity index is 0.00000264. The van der Waals surface area contributed by atoms with Crippen LogP contribution in [-0.2, 0) is 12.7 Å². The van der Waals surface area contributed by atoms with Gasteiger partial charge in [-0.3, -0.25) is 4.99 Å². The van der Waals surface area contributed by atoms with Crippen molar-refractivity contribution in [3.05, 3.63) is 16.1 Å². The molecule has 0 aromatic carbocycles. The van der Waals surface area contributed by atoms with Gasteiger partial charge in [0.1, 0.15) is 5.01 Å². The van der Waals surface area contributed by atoms with Crippen molar-refractivity contribution in [2.45, 2.75) is 45.3 Å². The van der Waals surface area contributed by atoms with Gasteiger partial charge in [-0.15, -0.1) is 35.3 Å². The first-order chi connectivity index (χ1) is 10.3. The number of halogens is 4. The van der Waals surface area contributed by atoms with Gasteiger partial charge in [0.25, 0.3) is 0 Å². The average Bonchev–Trinajstić information content (AvgIpc) is 3.08. The Morgan fingerprint density at radius 1 is 1.35 bits per heavy atom. The van der Waals surface area contributed by atoms with Crippen LogP contribution in [0.15, 0.2) is 10.4 Å². The van der Waals surface area contributed by atoms with Gasteiger partial charge < -0.3 is 10.6 Å². The van der Waals surface area contributed by atoms with Crippen LogP contribution >= 0.6 is 35.3 Å². The monoisotopic (exact) mass is 462 g/mol. The lowest BCUT2D eigenvalue weighted by molar-refractivity contribution is -0.140. The van der Waals surface area contributed by atoms with Gasteiger partial charge in [0.15, 0.2) is 11.7 Å². The highest BCUT2D eigenvalue weighted by Gasteiger charge is 2.33. The molecule has 1 aromatic heterocycles. The molecule has 2 rings (SSSR count). The number of guanidine groups is 1. The maximum atomic E-state index is 12.5. The number of alkyl halides is 3. The van der Waals surface area contributed by atoms with Crippen LogP contribution in [0.25, 0.3) is 0 Å². The van der Waals surface area contributed by atoms with Gasteiger partial charge in [-0.05, 0) is 18.3 Å². The normalized spacial score (nSPS) is 17.7. The predicted molar refractivity (Wildman–Crippen MR) is 97.3 cm³/mol. The average molecular weight is 462 g/mol. The summed E-state index contributed by atoms with van der Waals surface area (Å²) in [5.74, 6) is 0.594. The Kier molecular flexibility index (Phi) is 7.56. The second-order valence-electron chi connectivity index (χ2n) is 5.92. The van der Waals surface area contributed by atoms with Crippen molar-refractivity contribution in [2.24, 2.45) is 10.4 Å². The van der Waals surface area contributed by atoms with Crippen LogP contribution in [-0.4, -0.2) is 24.5 Å². The van der Waals surface area contributed by atoms with Crippen LogP contribution in [0.3, 0.4) is 0 Å². The third kappa shape index (κ3) is 6.09.